The molecule has 1 aromatic carbocycles. The second-order valence-corrected chi connectivity index (χ2v) is 6.06. The van der Waals surface area contributed by atoms with E-state index in [-0.39, 0.29) is 6.61 Å². The molecule has 1 aromatic rings. The smallest absolute Gasteiger partial charge is 0.0475 e. The van der Waals surface area contributed by atoms with E-state index in [4.69, 9.17) is 11.6 Å². The minimum absolute atomic E-state index is 0.286. The molecule has 106 valence electrons. The minimum Gasteiger partial charge on any atom is -0.396 e. The molecule has 0 amide bonds. The number of rotatable bonds is 4. The lowest BCUT2D eigenvalue weighted by Crippen LogP contribution is -2.51. The summed E-state index contributed by atoms with van der Waals surface area (Å²) in [6.45, 7) is 3.27. The van der Waals surface area contributed by atoms with Crippen molar-refractivity contribution in [3.8, 4) is 0 Å². The monoisotopic (exact) mass is 282 g/mol. The van der Waals surface area contributed by atoms with E-state index in [1.54, 1.807) is 0 Å². The van der Waals surface area contributed by atoms with E-state index in [1.807, 2.05) is 18.2 Å². The predicted octanol–water partition coefficient (Wildman–Crippen LogP) is 2.08. The van der Waals surface area contributed by atoms with Crippen molar-refractivity contribution in [2.75, 3.05) is 33.8 Å². The topological polar surface area (TPSA) is 26.7 Å². The summed E-state index contributed by atoms with van der Waals surface area (Å²) in [4.78, 5) is 4.67. The molecule has 4 heteroatoms. The number of benzene rings is 1. The fourth-order valence-electron chi connectivity index (χ4n) is 2.88. The lowest BCUT2D eigenvalue weighted by molar-refractivity contribution is 0.0461. The van der Waals surface area contributed by atoms with Gasteiger partial charge in [0.15, 0.2) is 0 Å². The van der Waals surface area contributed by atoms with Crippen molar-refractivity contribution in [1.29, 1.82) is 0 Å². The van der Waals surface area contributed by atoms with Crippen LogP contribution in [0.5, 0.6) is 0 Å². The maximum Gasteiger partial charge on any atom is 0.0475 e. The highest BCUT2D eigenvalue weighted by atomic mass is 35.5. The summed E-state index contributed by atoms with van der Waals surface area (Å²) >= 11 is 6.03. The maximum absolute atomic E-state index is 9.46. The first kappa shape index (κ1) is 14.8. The van der Waals surface area contributed by atoms with Gasteiger partial charge in [-0.15, -0.1) is 0 Å². The molecule has 19 heavy (non-hydrogen) atoms. The standard InChI is InChI=1S/C15H23ClN2O/c1-17(2)15-10-18(7-6-13(15)11-19)9-12-4-3-5-14(16)8-12/h3-5,8,13,15,19H,6-7,9-11H2,1-2H3/t13-,15-/m1/s1. The molecule has 2 rings (SSSR count). The molecule has 0 bridgehead atoms. The highest BCUT2D eigenvalue weighted by Gasteiger charge is 2.29. The molecule has 3 nitrogen and oxygen atoms in total. The number of aliphatic hydroxyl groups is 1. The summed E-state index contributed by atoms with van der Waals surface area (Å²) in [6, 6.07) is 8.49. The zero-order chi connectivity index (χ0) is 13.8. The molecule has 1 aliphatic rings. The zero-order valence-electron chi connectivity index (χ0n) is 11.7. The molecule has 1 saturated heterocycles. The van der Waals surface area contributed by atoms with Crippen LogP contribution in [0.2, 0.25) is 5.02 Å². The van der Waals surface area contributed by atoms with Gasteiger partial charge in [0.2, 0.25) is 0 Å². The number of piperidine rings is 1. The number of likely N-dealkylation sites (N-methyl/N-ethyl adjacent to an activating group) is 1. The first-order valence-corrected chi connectivity index (χ1v) is 7.22. The molecule has 0 saturated carbocycles. The van der Waals surface area contributed by atoms with Crippen molar-refractivity contribution in [3.63, 3.8) is 0 Å². The largest absolute Gasteiger partial charge is 0.396 e. The predicted molar refractivity (Wildman–Crippen MR) is 79.4 cm³/mol. The maximum atomic E-state index is 9.46. The SMILES string of the molecule is CN(C)[C@@H]1CN(Cc2cccc(Cl)c2)CC[C@@H]1CO. The van der Waals surface area contributed by atoms with Gasteiger partial charge in [-0.05, 0) is 50.7 Å². The fraction of sp³-hybridized carbons (Fsp3) is 0.600. The van der Waals surface area contributed by atoms with Crippen molar-refractivity contribution < 1.29 is 5.11 Å². The highest BCUT2D eigenvalue weighted by molar-refractivity contribution is 6.30. The lowest BCUT2D eigenvalue weighted by Gasteiger charge is -2.41. The van der Waals surface area contributed by atoms with Crippen molar-refractivity contribution in [1.82, 2.24) is 9.80 Å². The molecular weight excluding hydrogens is 260 g/mol. The van der Waals surface area contributed by atoms with Crippen LogP contribution in [0.1, 0.15) is 12.0 Å². The van der Waals surface area contributed by atoms with Crippen molar-refractivity contribution in [2.45, 2.75) is 19.0 Å². The Morgan fingerprint density at radius 1 is 1.42 bits per heavy atom. The average molecular weight is 283 g/mol. The summed E-state index contributed by atoms with van der Waals surface area (Å²) in [5.74, 6) is 0.394. The molecule has 0 aromatic heterocycles. The minimum atomic E-state index is 0.286. The highest BCUT2D eigenvalue weighted by Crippen LogP contribution is 2.22. The molecule has 1 fully saturated rings. The van der Waals surface area contributed by atoms with E-state index >= 15 is 0 Å². The quantitative estimate of drug-likeness (QED) is 0.916. The Morgan fingerprint density at radius 2 is 2.21 bits per heavy atom. The Bertz CT molecular complexity index is 411. The van der Waals surface area contributed by atoms with Gasteiger partial charge in [-0.1, -0.05) is 23.7 Å². The molecule has 0 radical (unpaired) electrons. The van der Waals surface area contributed by atoms with Gasteiger partial charge < -0.3 is 10.0 Å². The van der Waals surface area contributed by atoms with Crippen LogP contribution in [0.4, 0.5) is 0 Å². The first-order valence-electron chi connectivity index (χ1n) is 6.84. The lowest BCUT2D eigenvalue weighted by atomic mass is 9.91. The third kappa shape index (κ3) is 3.93. The van der Waals surface area contributed by atoms with E-state index in [0.717, 1.165) is 31.1 Å². The van der Waals surface area contributed by atoms with Crippen LogP contribution in [0.3, 0.4) is 0 Å². The number of likely N-dealkylation sites (tertiary alicyclic amines) is 1. The number of halogens is 1. The van der Waals surface area contributed by atoms with Crippen molar-refractivity contribution in [3.05, 3.63) is 34.9 Å². The Hall–Kier alpha value is -0.610. The summed E-state index contributed by atoms with van der Waals surface area (Å²) in [6.07, 6.45) is 1.06. The van der Waals surface area contributed by atoms with Gasteiger partial charge in [0, 0.05) is 30.8 Å². The van der Waals surface area contributed by atoms with Crippen LogP contribution in [0, 0.1) is 5.92 Å². The van der Waals surface area contributed by atoms with Gasteiger partial charge in [0.05, 0.1) is 0 Å². The van der Waals surface area contributed by atoms with Crippen LogP contribution >= 0.6 is 11.6 Å². The number of hydrogen-bond acceptors (Lipinski definition) is 3. The molecule has 0 aliphatic carbocycles. The normalized spacial score (nSPS) is 24.9. The van der Waals surface area contributed by atoms with Gasteiger partial charge in [-0.3, -0.25) is 4.90 Å². The Morgan fingerprint density at radius 3 is 2.84 bits per heavy atom. The average Bonchev–Trinajstić information content (AvgIpc) is 2.38. The van der Waals surface area contributed by atoms with E-state index in [1.165, 1.54) is 5.56 Å². The van der Waals surface area contributed by atoms with Gasteiger partial charge in [0.25, 0.3) is 0 Å². The van der Waals surface area contributed by atoms with Crippen LogP contribution in [0.15, 0.2) is 24.3 Å². The Kier molecular flexibility index (Phi) is 5.22. The third-order valence-corrected chi connectivity index (χ3v) is 4.23. The van der Waals surface area contributed by atoms with Gasteiger partial charge in [-0.2, -0.15) is 0 Å². The van der Waals surface area contributed by atoms with Crippen LogP contribution in [0.25, 0.3) is 0 Å². The number of aliphatic hydroxyl groups excluding tert-OH is 1. The second-order valence-electron chi connectivity index (χ2n) is 5.63. The summed E-state index contributed by atoms with van der Waals surface area (Å²) in [5, 5.41) is 10.3. The molecule has 1 heterocycles. The zero-order valence-corrected chi connectivity index (χ0v) is 12.5. The van der Waals surface area contributed by atoms with E-state index in [0.29, 0.717) is 12.0 Å². The van der Waals surface area contributed by atoms with E-state index in [2.05, 4.69) is 30.0 Å². The Labute approximate surface area is 120 Å². The Balaban J connectivity index is 1.99. The van der Waals surface area contributed by atoms with Crippen LogP contribution in [-0.4, -0.2) is 54.7 Å². The number of nitrogens with zero attached hydrogens (tertiary/aromatic N) is 2. The fourth-order valence-corrected chi connectivity index (χ4v) is 3.09. The molecule has 0 unspecified atom stereocenters. The van der Waals surface area contributed by atoms with Crippen molar-refractivity contribution in [2.24, 2.45) is 5.92 Å². The van der Waals surface area contributed by atoms with E-state index < -0.39 is 0 Å². The van der Waals surface area contributed by atoms with Gasteiger partial charge in [-0.25, -0.2) is 0 Å². The third-order valence-electron chi connectivity index (χ3n) is 4.00. The summed E-state index contributed by atoms with van der Waals surface area (Å²) < 4.78 is 0. The molecule has 0 spiro atoms. The molecule has 2 atom stereocenters. The van der Waals surface area contributed by atoms with Crippen LogP contribution < -0.4 is 0 Å². The molecular formula is C15H23ClN2O. The molecule has 1 aliphatic heterocycles. The first-order chi connectivity index (χ1) is 9.10. The second kappa shape index (κ2) is 6.71. The van der Waals surface area contributed by atoms with Crippen LogP contribution in [-0.2, 0) is 6.54 Å². The van der Waals surface area contributed by atoms with Crippen molar-refractivity contribution >= 4 is 11.6 Å². The van der Waals surface area contributed by atoms with E-state index in [9.17, 15) is 5.11 Å². The molecule has 1 N–H and O–H groups in total. The van der Waals surface area contributed by atoms with Gasteiger partial charge >= 0.3 is 0 Å². The summed E-state index contributed by atoms with van der Waals surface area (Å²) in [7, 11) is 4.19. The summed E-state index contributed by atoms with van der Waals surface area (Å²) in [5.41, 5.74) is 1.26. The van der Waals surface area contributed by atoms with Gasteiger partial charge in [0.1, 0.15) is 0 Å². The number of hydrogen-bond donors (Lipinski definition) is 1.